The van der Waals surface area contributed by atoms with Crippen molar-refractivity contribution in [2.24, 2.45) is 0 Å². The molecule has 0 atom stereocenters. The van der Waals surface area contributed by atoms with E-state index in [1.54, 1.807) is 6.07 Å². The van der Waals surface area contributed by atoms with E-state index in [4.69, 9.17) is 0 Å². The highest BCUT2D eigenvalue weighted by atomic mass is 32.2. The maximum Gasteiger partial charge on any atom is 0.271 e. The van der Waals surface area contributed by atoms with Crippen LogP contribution in [0.2, 0.25) is 0 Å². The first-order valence-electron chi connectivity index (χ1n) is 6.31. The van der Waals surface area contributed by atoms with Gasteiger partial charge in [-0.2, -0.15) is 5.10 Å². The van der Waals surface area contributed by atoms with Gasteiger partial charge in [-0.25, -0.2) is 8.42 Å². The molecule has 2 aromatic rings. The molecule has 0 radical (unpaired) electrons. The van der Waals surface area contributed by atoms with Crippen molar-refractivity contribution >= 4 is 27.0 Å². The minimum absolute atomic E-state index is 0.318. The van der Waals surface area contributed by atoms with E-state index in [-0.39, 0.29) is 0 Å². The molecule has 6 nitrogen and oxygen atoms in total. The van der Waals surface area contributed by atoms with Gasteiger partial charge in [0.05, 0.1) is 11.9 Å². The highest BCUT2D eigenvalue weighted by Crippen LogP contribution is 2.24. The number of aromatic amines is 1. The third-order valence-corrected chi connectivity index (χ3v) is 5.59. The second-order valence-corrected chi connectivity index (χ2v) is 7.75. The van der Waals surface area contributed by atoms with E-state index in [2.05, 4.69) is 34.1 Å². The average molecular weight is 314 g/mol. The number of anilines is 1. The Kier molecular flexibility index (Phi) is 4.79. The van der Waals surface area contributed by atoms with Gasteiger partial charge in [-0.3, -0.25) is 9.82 Å². The van der Waals surface area contributed by atoms with Crippen LogP contribution in [0.1, 0.15) is 18.7 Å². The molecule has 0 saturated heterocycles. The molecule has 20 heavy (non-hydrogen) atoms. The molecule has 0 spiro atoms. The van der Waals surface area contributed by atoms with Crippen LogP contribution in [0, 0.1) is 0 Å². The van der Waals surface area contributed by atoms with Gasteiger partial charge in [0.2, 0.25) is 0 Å². The highest BCUT2D eigenvalue weighted by molar-refractivity contribution is 7.94. The van der Waals surface area contributed by atoms with E-state index in [9.17, 15) is 8.42 Å². The third-order valence-electron chi connectivity index (χ3n) is 2.58. The number of sulfonamides is 1. The molecule has 2 aromatic heterocycles. The Morgan fingerprint density at radius 3 is 2.85 bits per heavy atom. The number of hydrogen-bond acceptors (Lipinski definition) is 5. The lowest BCUT2D eigenvalue weighted by molar-refractivity contribution is 0.592. The maximum absolute atomic E-state index is 12.1. The molecule has 110 valence electrons. The first kappa shape index (κ1) is 15.0. The number of H-pyrrole nitrogens is 1. The van der Waals surface area contributed by atoms with Gasteiger partial charge in [-0.05, 0) is 18.6 Å². The van der Waals surface area contributed by atoms with E-state index in [0.29, 0.717) is 15.9 Å². The zero-order chi connectivity index (χ0) is 14.6. The quantitative estimate of drug-likeness (QED) is 0.727. The lowest BCUT2D eigenvalue weighted by atomic mass is 10.3. The number of nitrogens with zero attached hydrogens (tertiary/aromatic N) is 1. The predicted octanol–water partition coefficient (Wildman–Crippen LogP) is 1.81. The monoisotopic (exact) mass is 314 g/mol. The van der Waals surface area contributed by atoms with Crippen LogP contribution in [0.15, 0.2) is 28.7 Å². The van der Waals surface area contributed by atoms with E-state index in [1.165, 1.54) is 23.7 Å². The minimum atomic E-state index is -3.52. The van der Waals surface area contributed by atoms with Crippen molar-refractivity contribution in [1.29, 1.82) is 0 Å². The normalized spacial score (nSPS) is 11.9. The van der Waals surface area contributed by atoms with Gasteiger partial charge >= 0.3 is 0 Å². The lowest BCUT2D eigenvalue weighted by Gasteiger charge is -2.06. The Hall–Kier alpha value is -1.38. The van der Waals surface area contributed by atoms with Gasteiger partial charge in [0, 0.05) is 23.7 Å². The van der Waals surface area contributed by atoms with Crippen LogP contribution >= 0.6 is 11.3 Å². The van der Waals surface area contributed by atoms with Gasteiger partial charge in [0.15, 0.2) is 0 Å². The zero-order valence-corrected chi connectivity index (χ0v) is 13.0. The number of aromatic nitrogens is 2. The standard InChI is InChI=1S/C12H18N4O2S2/c1-9(2)13-6-5-11-3-4-12(19-11)20(17,18)16-10-7-14-15-8-10/h3-4,7-9,13,16H,5-6H2,1-2H3,(H,14,15). The molecule has 0 fully saturated rings. The number of nitrogens with one attached hydrogen (secondary N) is 3. The molecular weight excluding hydrogens is 296 g/mol. The fraction of sp³-hybridized carbons (Fsp3) is 0.417. The molecule has 0 saturated carbocycles. The Labute approximate surface area is 122 Å². The number of hydrogen-bond donors (Lipinski definition) is 3. The van der Waals surface area contributed by atoms with Crippen molar-refractivity contribution < 1.29 is 8.42 Å². The van der Waals surface area contributed by atoms with Crippen LogP contribution in [0.4, 0.5) is 5.69 Å². The number of thiophene rings is 1. The van der Waals surface area contributed by atoms with Crippen LogP contribution in [-0.4, -0.2) is 31.2 Å². The summed E-state index contributed by atoms with van der Waals surface area (Å²) in [5.74, 6) is 0. The van der Waals surface area contributed by atoms with Gasteiger partial charge in [0.1, 0.15) is 4.21 Å². The summed E-state index contributed by atoms with van der Waals surface area (Å²) in [4.78, 5) is 1.05. The van der Waals surface area contributed by atoms with E-state index < -0.39 is 10.0 Å². The first-order valence-corrected chi connectivity index (χ1v) is 8.61. The largest absolute Gasteiger partial charge is 0.314 e. The summed E-state index contributed by atoms with van der Waals surface area (Å²) in [6.07, 6.45) is 3.75. The van der Waals surface area contributed by atoms with Crippen molar-refractivity contribution in [2.75, 3.05) is 11.3 Å². The molecule has 0 amide bonds. The third kappa shape index (κ3) is 4.06. The summed E-state index contributed by atoms with van der Waals surface area (Å²) in [7, 11) is -3.52. The molecule has 2 rings (SSSR count). The van der Waals surface area contributed by atoms with Crippen LogP contribution in [0.3, 0.4) is 0 Å². The smallest absolute Gasteiger partial charge is 0.271 e. The molecule has 3 N–H and O–H groups in total. The molecule has 0 aliphatic heterocycles. The summed E-state index contributed by atoms with van der Waals surface area (Å²) in [5, 5.41) is 9.58. The van der Waals surface area contributed by atoms with Crippen molar-refractivity contribution in [3.05, 3.63) is 29.4 Å². The van der Waals surface area contributed by atoms with E-state index >= 15 is 0 Å². The SMILES string of the molecule is CC(C)NCCc1ccc(S(=O)(=O)Nc2cn[nH]c2)s1. The fourth-order valence-electron chi connectivity index (χ4n) is 1.63. The summed E-state index contributed by atoms with van der Waals surface area (Å²) in [6.45, 7) is 5.01. The molecule has 2 heterocycles. The minimum Gasteiger partial charge on any atom is -0.314 e. The van der Waals surface area contributed by atoms with E-state index in [1.807, 2.05) is 6.07 Å². The molecule has 0 unspecified atom stereocenters. The van der Waals surface area contributed by atoms with Gasteiger partial charge in [0.25, 0.3) is 10.0 Å². The summed E-state index contributed by atoms with van der Waals surface area (Å²) in [5.41, 5.74) is 0.432. The van der Waals surface area contributed by atoms with Crippen molar-refractivity contribution in [3.63, 3.8) is 0 Å². The second-order valence-electron chi connectivity index (χ2n) is 4.67. The predicted molar refractivity (Wildman–Crippen MR) is 80.6 cm³/mol. The molecule has 0 bridgehead atoms. The average Bonchev–Trinajstić information content (AvgIpc) is 2.99. The van der Waals surface area contributed by atoms with Crippen LogP contribution in [0.5, 0.6) is 0 Å². The topological polar surface area (TPSA) is 86.9 Å². The molecule has 0 aliphatic carbocycles. The van der Waals surface area contributed by atoms with Crippen LogP contribution in [-0.2, 0) is 16.4 Å². The Balaban J connectivity index is 2.00. The fourth-order valence-corrected chi connectivity index (χ4v) is 4.02. The Morgan fingerprint density at radius 2 is 2.20 bits per heavy atom. The maximum atomic E-state index is 12.1. The van der Waals surface area contributed by atoms with Gasteiger partial charge in [-0.15, -0.1) is 11.3 Å². The zero-order valence-electron chi connectivity index (χ0n) is 11.4. The van der Waals surface area contributed by atoms with Crippen molar-refractivity contribution in [1.82, 2.24) is 15.5 Å². The molecular formula is C12H18N4O2S2. The summed E-state index contributed by atoms with van der Waals surface area (Å²) in [6, 6.07) is 3.93. The molecule has 8 heteroatoms. The van der Waals surface area contributed by atoms with Crippen molar-refractivity contribution in [3.8, 4) is 0 Å². The Bertz CT molecular complexity index is 632. The van der Waals surface area contributed by atoms with Gasteiger partial charge in [-0.1, -0.05) is 13.8 Å². The number of rotatable bonds is 7. The van der Waals surface area contributed by atoms with Crippen LogP contribution in [0.25, 0.3) is 0 Å². The van der Waals surface area contributed by atoms with Gasteiger partial charge < -0.3 is 5.32 Å². The summed E-state index contributed by atoms with van der Waals surface area (Å²) < 4.78 is 27.1. The first-order chi connectivity index (χ1) is 9.47. The lowest BCUT2D eigenvalue weighted by Crippen LogP contribution is -2.24. The molecule has 0 aliphatic rings. The highest BCUT2D eigenvalue weighted by Gasteiger charge is 2.17. The summed E-state index contributed by atoms with van der Waals surface area (Å²) >= 11 is 1.29. The van der Waals surface area contributed by atoms with E-state index in [0.717, 1.165) is 17.8 Å². The second kappa shape index (κ2) is 6.38. The van der Waals surface area contributed by atoms with Crippen LogP contribution < -0.4 is 10.0 Å². The molecule has 0 aromatic carbocycles. The van der Waals surface area contributed by atoms with Crippen molar-refractivity contribution in [2.45, 2.75) is 30.5 Å². The Morgan fingerprint density at radius 1 is 1.40 bits per heavy atom.